The van der Waals surface area contributed by atoms with Crippen molar-refractivity contribution >= 4 is 21.9 Å². The number of carboxylic acid groups (broad SMARTS) is 1. The fourth-order valence-corrected chi connectivity index (χ4v) is 3.34. The molecule has 1 fully saturated rings. The second kappa shape index (κ2) is 8.11. The van der Waals surface area contributed by atoms with Crippen molar-refractivity contribution in [3.8, 4) is 12.3 Å². The zero-order valence-corrected chi connectivity index (χ0v) is 14.2. The second-order valence-electron chi connectivity index (χ2n) is 5.39. The van der Waals surface area contributed by atoms with Crippen LogP contribution >= 0.6 is 0 Å². The molecule has 0 saturated carbocycles. The lowest BCUT2D eigenvalue weighted by Crippen LogP contribution is -2.46. The molecule has 1 unspecified atom stereocenters. The minimum absolute atomic E-state index is 0.00466. The fourth-order valence-electron chi connectivity index (χ4n) is 2.40. The van der Waals surface area contributed by atoms with Crippen molar-refractivity contribution in [1.82, 2.24) is 9.62 Å². The average Bonchev–Trinajstić information content (AvgIpc) is 2.59. The molecule has 8 nitrogen and oxygen atoms in total. The number of carbonyl (C=O) groups is 2. The maximum Gasteiger partial charge on any atom is 0.306 e. The Morgan fingerprint density at radius 3 is 2.64 bits per heavy atom. The zero-order valence-electron chi connectivity index (χ0n) is 13.3. The SMILES string of the molecule is C#CCNS(=O)(=O)c1ccc(C(=O)N2CCOC(CC(=O)O)C2)cc1. The van der Waals surface area contributed by atoms with Gasteiger partial charge in [0.25, 0.3) is 5.91 Å². The van der Waals surface area contributed by atoms with Gasteiger partial charge >= 0.3 is 5.97 Å². The van der Waals surface area contributed by atoms with E-state index in [0.29, 0.717) is 12.1 Å². The van der Waals surface area contributed by atoms with Crippen LogP contribution < -0.4 is 4.72 Å². The number of carbonyl (C=O) groups excluding carboxylic acids is 1. The van der Waals surface area contributed by atoms with Crippen LogP contribution in [0.15, 0.2) is 29.2 Å². The Morgan fingerprint density at radius 2 is 2.04 bits per heavy atom. The van der Waals surface area contributed by atoms with E-state index in [1.54, 1.807) is 0 Å². The van der Waals surface area contributed by atoms with Crippen molar-refractivity contribution in [1.29, 1.82) is 0 Å². The van der Waals surface area contributed by atoms with Crippen LogP contribution in [0.25, 0.3) is 0 Å². The molecule has 0 aliphatic carbocycles. The molecule has 0 radical (unpaired) electrons. The molecule has 1 amide bonds. The van der Waals surface area contributed by atoms with Gasteiger partial charge in [-0.25, -0.2) is 8.42 Å². The van der Waals surface area contributed by atoms with E-state index in [0.717, 1.165) is 0 Å². The van der Waals surface area contributed by atoms with Gasteiger partial charge in [-0.3, -0.25) is 9.59 Å². The number of morpholine rings is 1. The van der Waals surface area contributed by atoms with Gasteiger partial charge in [-0.05, 0) is 24.3 Å². The Kier molecular flexibility index (Phi) is 6.14. The second-order valence-corrected chi connectivity index (χ2v) is 7.16. The summed E-state index contributed by atoms with van der Waals surface area (Å²) in [6.07, 6.45) is 4.30. The molecule has 1 saturated heterocycles. The van der Waals surface area contributed by atoms with E-state index in [4.69, 9.17) is 16.3 Å². The normalized spacial score (nSPS) is 17.7. The number of carboxylic acids is 1. The van der Waals surface area contributed by atoms with Crippen LogP contribution in [0.1, 0.15) is 16.8 Å². The Hall–Kier alpha value is -2.41. The lowest BCUT2D eigenvalue weighted by atomic mass is 10.1. The number of hydrogen-bond acceptors (Lipinski definition) is 5. The van der Waals surface area contributed by atoms with Gasteiger partial charge < -0.3 is 14.7 Å². The summed E-state index contributed by atoms with van der Waals surface area (Å²) < 4.78 is 31.4. The summed E-state index contributed by atoms with van der Waals surface area (Å²) in [6.45, 7) is 0.654. The van der Waals surface area contributed by atoms with E-state index >= 15 is 0 Å². The van der Waals surface area contributed by atoms with Crippen molar-refractivity contribution < 1.29 is 27.9 Å². The number of rotatable bonds is 6. The van der Waals surface area contributed by atoms with Gasteiger partial charge in [0.15, 0.2) is 0 Å². The molecule has 1 aromatic carbocycles. The van der Waals surface area contributed by atoms with Crippen LogP contribution in [0, 0.1) is 12.3 Å². The minimum Gasteiger partial charge on any atom is -0.481 e. The summed E-state index contributed by atoms with van der Waals surface area (Å²) >= 11 is 0. The molecule has 0 spiro atoms. The van der Waals surface area contributed by atoms with Gasteiger partial charge in [-0.15, -0.1) is 6.42 Å². The number of ether oxygens (including phenoxy) is 1. The van der Waals surface area contributed by atoms with E-state index in [1.165, 1.54) is 29.2 Å². The van der Waals surface area contributed by atoms with Gasteiger partial charge in [0.1, 0.15) is 0 Å². The molecular weight excluding hydrogens is 348 g/mol. The third kappa shape index (κ3) is 5.03. The molecule has 2 rings (SSSR count). The van der Waals surface area contributed by atoms with Crippen molar-refractivity contribution in [2.45, 2.75) is 17.4 Å². The minimum atomic E-state index is -3.71. The highest BCUT2D eigenvalue weighted by atomic mass is 32.2. The smallest absolute Gasteiger partial charge is 0.306 e. The van der Waals surface area contributed by atoms with Crippen molar-refractivity contribution in [3.05, 3.63) is 29.8 Å². The Bertz CT molecular complexity index is 782. The molecule has 1 atom stereocenters. The first-order chi connectivity index (χ1) is 11.8. The van der Waals surface area contributed by atoms with Gasteiger partial charge in [0, 0.05) is 18.7 Å². The Morgan fingerprint density at radius 1 is 1.36 bits per heavy atom. The number of hydrogen-bond donors (Lipinski definition) is 2. The summed E-state index contributed by atoms with van der Waals surface area (Å²) in [4.78, 5) is 24.8. The third-order valence-corrected chi connectivity index (χ3v) is 5.02. The van der Waals surface area contributed by atoms with Gasteiger partial charge in [0.05, 0.1) is 30.6 Å². The van der Waals surface area contributed by atoms with Gasteiger partial charge in [-0.2, -0.15) is 4.72 Å². The zero-order chi connectivity index (χ0) is 18.4. The number of terminal acetylenes is 1. The predicted octanol–water partition coefficient (Wildman–Crippen LogP) is -0.0862. The van der Waals surface area contributed by atoms with Crippen LogP contribution in [0.4, 0.5) is 0 Å². The van der Waals surface area contributed by atoms with Crippen LogP contribution in [0.3, 0.4) is 0 Å². The highest BCUT2D eigenvalue weighted by Gasteiger charge is 2.26. The lowest BCUT2D eigenvalue weighted by Gasteiger charge is -2.32. The first-order valence-electron chi connectivity index (χ1n) is 7.49. The monoisotopic (exact) mass is 366 g/mol. The average molecular weight is 366 g/mol. The van der Waals surface area contributed by atoms with Crippen LogP contribution in [0.5, 0.6) is 0 Å². The van der Waals surface area contributed by atoms with E-state index in [1.807, 2.05) is 0 Å². The van der Waals surface area contributed by atoms with Crippen LogP contribution in [0.2, 0.25) is 0 Å². The third-order valence-electron chi connectivity index (χ3n) is 3.60. The predicted molar refractivity (Wildman–Crippen MR) is 88.4 cm³/mol. The Labute approximate surface area is 145 Å². The first-order valence-corrected chi connectivity index (χ1v) is 8.97. The van der Waals surface area contributed by atoms with Crippen LogP contribution in [-0.4, -0.2) is 62.6 Å². The molecule has 1 heterocycles. The summed E-state index contributed by atoms with van der Waals surface area (Å²) in [5, 5.41) is 8.82. The summed E-state index contributed by atoms with van der Waals surface area (Å²) in [7, 11) is -3.71. The largest absolute Gasteiger partial charge is 0.481 e. The number of amides is 1. The molecule has 25 heavy (non-hydrogen) atoms. The number of sulfonamides is 1. The molecule has 134 valence electrons. The maximum atomic E-state index is 12.5. The van der Waals surface area contributed by atoms with Gasteiger partial charge in [0.2, 0.25) is 10.0 Å². The molecule has 1 aliphatic rings. The quantitative estimate of drug-likeness (QED) is 0.681. The summed E-state index contributed by atoms with van der Waals surface area (Å²) in [5.74, 6) is 0.880. The summed E-state index contributed by atoms with van der Waals surface area (Å²) in [6, 6.07) is 5.46. The maximum absolute atomic E-state index is 12.5. The number of nitrogens with zero attached hydrogens (tertiary/aromatic N) is 1. The van der Waals surface area contributed by atoms with Crippen molar-refractivity contribution in [2.75, 3.05) is 26.2 Å². The van der Waals surface area contributed by atoms with Crippen LogP contribution in [-0.2, 0) is 19.6 Å². The lowest BCUT2D eigenvalue weighted by molar-refractivity contribution is -0.141. The molecule has 1 aromatic rings. The van der Waals surface area contributed by atoms with E-state index in [2.05, 4.69) is 10.6 Å². The molecule has 9 heteroatoms. The molecule has 2 N–H and O–H groups in total. The standard InChI is InChI=1S/C16H18N2O6S/c1-2-7-17-25(22,23)14-5-3-12(4-6-14)16(21)18-8-9-24-13(11-18)10-15(19)20/h1,3-6,13,17H,7-11H2,(H,19,20). The van der Waals surface area contributed by atoms with Crippen molar-refractivity contribution in [2.24, 2.45) is 0 Å². The molecule has 0 aromatic heterocycles. The molecular formula is C16H18N2O6S. The molecule has 1 aliphatic heterocycles. The van der Waals surface area contributed by atoms with E-state index < -0.39 is 22.1 Å². The molecule has 0 bridgehead atoms. The number of nitrogens with one attached hydrogen (secondary N) is 1. The van der Waals surface area contributed by atoms with Gasteiger partial charge in [-0.1, -0.05) is 5.92 Å². The topological polar surface area (TPSA) is 113 Å². The fraction of sp³-hybridized carbons (Fsp3) is 0.375. The highest BCUT2D eigenvalue weighted by Crippen LogP contribution is 2.15. The number of aliphatic carboxylic acids is 1. The number of benzene rings is 1. The van der Waals surface area contributed by atoms with E-state index in [-0.39, 0.29) is 36.9 Å². The van der Waals surface area contributed by atoms with E-state index in [9.17, 15) is 18.0 Å². The highest BCUT2D eigenvalue weighted by molar-refractivity contribution is 7.89. The first kappa shape index (κ1) is 18.9. The summed E-state index contributed by atoms with van der Waals surface area (Å²) in [5.41, 5.74) is 0.312. The Balaban J connectivity index is 2.07. The van der Waals surface area contributed by atoms with Crippen molar-refractivity contribution in [3.63, 3.8) is 0 Å².